The third-order valence-corrected chi connectivity index (χ3v) is 5.71. The Labute approximate surface area is 145 Å². The molecular formula is C18H22N2O3S. The van der Waals surface area contributed by atoms with Crippen LogP contribution in [-0.4, -0.2) is 36.3 Å². The van der Waals surface area contributed by atoms with Crippen LogP contribution in [0.25, 0.3) is 10.2 Å². The number of hydrogen-bond acceptors (Lipinski definition) is 5. The number of aromatic nitrogens is 1. The van der Waals surface area contributed by atoms with Crippen LogP contribution in [0.1, 0.15) is 43.5 Å². The van der Waals surface area contributed by atoms with Crippen molar-refractivity contribution in [2.24, 2.45) is 0 Å². The van der Waals surface area contributed by atoms with Gasteiger partial charge in [-0.15, -0.1) is 11.3 Å². The van der Waals surface area contributed by atoms with Gasteiger partial charge in [0.05, 0.1) is 27.9 Å². The second kappa shape index (κ2) is 6.78. The quantitative estimate of drug-likeness (QED) is 0.866. The number of anilines is 1. The lowest BCUT2D eigenvalue weighted by molar-refractivity contribution is -0.128. The molecular weight excluding hydrogens is 324 g/mol. The molecule has 24 heavy (non-hydrogen) atoms. The van der Waals surface area contributed by atoms with Gasteiger partial charge in [0.25, 0.3) is 5.91 Å². The van der Waals surface area contributed by atoms with Gasteiger partial charge in [-0.1, -0.05) is 0 Å². The third kappa shape index (κ3) is 3.61. The number of benzene rings is 1. The predicted molar refractivity (Wildman–Crippen MR) is 94.6 cm³/mol. The summed E-state index contributed by atoms with van der Waals surface area (Å²) in [7, 11) is 0. The van der Waals surface area contributed by atoms with Gasteiger partial charge in [-0.25, -0.2) is 4.98 Å². The molecule has 1 amide bonds. The second-order valence-corrected chi connectivity index (χ2v) is 7.67. The Morgan fingerprint density at radius 1 is 1.46 bits per heavy atom. The van der Waals surface area contributed by atoms with Crippen molar-refractivity contribution in [3.63, 3.8) is 0 Å². The van der Waals surface area contributed by atoms with Crippen molar-refractivity contribution in [1.82, 2.24) is 4.98 Å². The number of ether oxygens (including phenoxy) is 2. The van der Waals surface area contributed by atoms with E-state index in [1.54, 1.807) is 18.3 Å². The number of rotatable bonds is 6. The molecule has 1 aromatic carbocycles. The summed E-state index contributed by atoms with van der Waals surface area (Å²) in [6.07, 6.45) is 4.24. The van der Waals surface area contributed by atoms with Crippen molar-refractivity contribution in [3.8, 4) is 0 Å². The number of carbonyl (C=O) groups is 1. The van der Waals surface area contributed by atoms with E-state index in [0.29, 0.717) is 12.5 Å². The minimum absolute atomic E-state index is 0.126. The molecule has 0 radical (unpaired) electrons. The largest absolute Gasteiger partial charge is 0.376 e. The van der Waals surface area contributed by atoms with Gasteiger partial charge < -0.3 is 14.8 Å². The number of fused-ring (bicyclic) bond motifs is 1. The Morgan fingerprint density at radius 3 is 3.08 bits per heavy atom. The minimum Gasteiger partial charge on any atom is -0.376 e. The van der Waals surface area contributed by atoms with Gasteiger partial charge in [0.1, 0.15) is 6.10 Å². The van der Waals surface area contributed by atoms with Crippen LogP contribution < -0.4 is 5.32 Å². The van der Waals surface area contributed by atoms with Crippen molar-refractivity contribution in [2.75, 3.05) is 18.5 Å². The summed E-state index contributed by atoms with van der Waals surface area (Å²) in [6.45, 7) is 3.06. The van der Waals surface area contributed by atoms with Crippen molar-refractivity contribution < 1.29 is 14.3 Å². The molecule has 1 aromatic heterocycles. The fourth-order valence-corrected chi connectivity index (χ4v) is 4.05. The highest BCUT2D eigenvalue weighted by atomic mass is 32.1. The number of hydrogen-bond donors (Lipinski definition) is 1. The average molecular weight is 346 g/mol. The van der Waals surface area contributed by atoms with Gasteiger partial charge in [0.2, 0.25) is 0 Å². The average Bonchev–Trinajstić information content (AvgIpc) is 3.14. The van der Waals surface area contributed by atoms with Gasteiger partial charge in [-0.05, 0) is 50.8 Å². The molecule has 2 fully saturated rings. The van der Waals surface area contributed by atoms with Crippen LogP contribution in [0.3, 0.4) is 0 Å². The first-order valence-corrected chi connectivity index (χ1v) is 9.45. The standard InChI is InChI=1S/C18H22N2O3S/c1-11(23-10-14-3-2-8-22-14)17(21)19-13-6-7-15-16(9-13)24-18(20-15)12-4-5-12/h6-7,9,11-12,14H,2-5,8,10H2,1H3,(H,19,21). The van der Waals surface area contributed by atoms with E-state index in [0.717, 1.165) is 35.4 Å². The molecule has 2 heterocycles. The Kier molecular flexibility index (Phi) is 4.52. The van der Waals surface area contributed by atoms with Crippen LogP contribution in [0, 0.1) is 0 Å². The molecule has 1 saturated carbocycles. The molecule has 128 valence electrons. The number of nitrogens with one attached hydrogen (secondary N) is 1. The number of amides is 1. The molecule has 2 unspecified atom stereocenters. The monoisotopic (exact) mass is 346 g/mol. The number of nitrogens with zero attached hydrogens (tertiary/aromatic N) is 1. The zero-order chi connectivity index (χ0) is 16.5. The first-order chi connectivity index (χ1) is 11.7. The molecule has 2 atom stereocenters. The molecule has 0 spiro atoms. The summed E-state index contributed by atoms with van der Waals surface area (Å²) in [5.41, 5.74) is 1.81. The summed E-state index contributed by atoms with van der Waals surface area (Å²) >= 11 is 1.73. The van der Waals surface area contributed by atoms with Crippen LogP contribution in [0.4, 0.5) is 5.69 Å². The van der Waals surface area contributed by atoms with Crippen LogP contribution in [0.15, 0.2) is 18.2 Å². The van der Waals surface area contributed by atoms with Crippen LogP contribution in [0.2, 0.25) is 0 Å². The van der Waals surface area contributed by atoms with E-state index in [1.165, 1.54) is 17.8 Å². The summed E-state index contributed by atoms with van der Waals surface area (Å²) in [5, 5.41) is 4.16. The highest BCUT2D eigenvalue weighted by Gasteiger charge is 2.27. The molecule has 1 aliphatic heterocycles. The zero-order valence-electron chi connectivity index (χ0n) is 13.8. The molecule has 1 N–H and O–H groups in total. The summed E-state index contributed by atoms with van der Waals surface area (Å²) in [6, 6.07) is 5.89. The number of carbonyl (C=O) groups excluding carboxylic acids is 1. The Balaban J connectivity index is 1.36. The Bertz CT molecular complexity index is 735. The maximum absolute atomic E-state index is 12.3. The first-order valence-electron chi connectivity index (χ1n) is 8.63. The van der Waals surface area contributed by atoms with E-state index in [9.17, 15) is 4.79 Å². The third-order valence-electron chi connectivity index (χ3n) is 4.52. The SMILES string of the molecule is CC(OCC1CCCO1)C(=O)Nc1ccc2nc(C3CC3)sc2c1. The van der Waals surface area contributed by atoms with E-state index in [4.69, 9.17) is 9.47 Å². The number of thiazole rings is 1. The van der Waals surface area contributed by atoms with Crippen LogP contribution >= 0.6 is 11.3 Å². The zero-order valence-corrected chi connectivity index (χ0v) is 14.6. The van der Waals surface area contributed by atoms with Crippen molar-refractivity contribution in [2.45, 2.75) is 50.7 Å². The lowest BCUT2D eigenvalue weighted by atomic mass is 10.2. The van der Waals surface area contributed by atoms with Gasteiger partial charge in [-0.3, -0.25) is 4.79 Å². The van der Waals surface area contributed by atoms with E-state index in [2.05, 4.69) is 10.3 Å². The van der Waals surface area contributed by atoms with Gasteiger partial charge >= 0.3 is 0 Å². The lowest BCUT2D eigenvalue weighted by Gasteiger charge is -2.16. The fourth-order valence-electron chi connectivity index (χ4n) is 2.87. The van der Waals surface area contributed by atoms with Crippen LogP contribution in [-0.2, 0) is 14.3 Å². The molecule has 1 saturated heterocycles. The van der Waals surface area contributed by atoms with Gasteiger partial charge in [0.15, 0.2) is 0 Å². The molecule has 2 aliphatic rings. The van der Waals surface area contributed by atoms with E-state index < -0.39 is 6.10 Å². The van der Waals surface area contributed by atoms with E-state index in [1.807, 2.05) is 18.2 Å². The minimum atomic E-state index is -0.492. The van der Waals surface area contributed by atoms with Crippen molar-refractivity contribution in [3.05, 3.63) is 23.2 Å². The topological polar surface area (TPSA) is 60.5 Å². The van der Waals surface area contributed by atoms with Crippen LogP contribution in [0.5, 0.6) is 0 Å². The normalized spacial score (nSPS) is 22.0. The lowest BCUT2D eigenvalue weighted by Crippen LogP contribution is -2.30. The van der Waals surface area contributed by atoms with Crippen molar-refractivity contribution in [1.29, 1.82) is 0 Å². The van der Waals surface area contributed by atoms with Gasteiger partial charge in [0, 0.05) is 18.2 Å². The molecule has 5 nitrogen and oxygen atoms in total. The fraction of sp³-hybridized carbons (Fsp3) is 0.556. The first kappa shape index (κ1) is 16.0. The maximum Gasteiger partial charge on any atom is 0.253 e. The van der Waals surface area contributed by atoms with E-state index in [-0.39, 0.29) is 12.0 Å². The molecule has 1 aliphatic carbocycles. The summed E-state index contributed by atoms with van der Waals surface area (Å²) in [4.78, 5) is 17.0. The maximum atomic E-state index is 12.3. The molecule has 0 bridgehead atoms. The summed E-state index contributed by atoms with van der Waals surface area (Å²) < 4.78 is 12.3. The molecule has 2 aromatic rings. The Morgan fingerprint density at radius 2 is 2.33 bits per heavy atom. The van der Waals surface area contributed by atoms with Gasteiger partial charge in [-0.2, -0.15) is 0 Å². The summed E-state index contributed by atoms with van der Waals surface area (Å²) in [5.74, 6) is 0.533. The second-order valence-electron chi connectivity index (χ2n) is 6.61. The molecule has 6 heteroatoms. The highest BCUT2D eigenvalue weighted by molar-refractivity contribution is 7.18. The van der Waals surface area contributed by atoms with E-state index >= 15 is 0 Å². The van der Waals surface area contributed by atoms with Crippen molar-refractivity contribution >= 4 is 33.1 Å². The predicted octanol–water partition coefficient (Wildman–Crippen LogP) is 3.70. The molecule has 4 rings (SSSR count). The smallest absolute Gasteiger partial charge is 0.253 e. The highest BCUT2D eigenvalue weighted by Crippen LogP contribution is 2.43. The Hall–Kier alpha value is -1.50.